The smallest absolute Gasteiger partial charge is 0.261 e. The largest absolute Gasteiger partial charge is 0.326 e. The van der Waals surface area contributed by atoms with Gasteiger partial charge in [0.15, 0.2) is 0 Å². The fraction of sp³-hybridized carbons (Fsp3) is 0.0714. The minimum Gasteiger partial charge on any atom is -0.326 e. The van der Waals surface area contributed by atoms with E-state index in [2.05, 4.69) is 10.0 Å². The Labute approximate surface area is 132 Å². The number of carbonyl (C=O) groups is 1. The minimum atomic E-state index is -3.88. The molecule has 8 heteroatoms. The average molecular weight is 343 g/mol. The van der Waals surface area contributed by atoms with Crippen LogP contribution in [0.5, 0.6) is 0 Å². The van der Waals surface area contributed by atoms with Crippen LogP contribution in [0.4, 0.5) is 15.8 Å². The molecule has 0 aliphatic rings. The number of hydrogen-bond acceptors (Lipinski definition) is 3. The van der Waals surface area contributed by atoms with Crippen LogP contribution in [0.1, 0.15) is 6.92 Å². The van der Waals surface area contributed by atoms with Crippen molar-refractivity contribution in [3.8, 4) is 0 Å². The Kier molecular flexibility index (Phi) is 4.68. The van der Waals surface area contributed by atoms with Gasteiger partial charge < -0.3 is 5.32 Å². The van der Waals surface area contributed by atoms with E-state index < -0.39 is 15.8 Å². The summed E-state index contributed by atoms with van der Waals surface area (Å²) < 4.78 is 39.8. The molecule has 0 spiro atoms. The van der Waals surface area contributed by atoms with Gasteiger partial charge in [-0.25, -0.2) is 12.8 Å². The number of benzene rings is 2. The van der Waals surface area contributed by atoms with Crippen LogP contribution in [-0.2, 0) is 14.8 Å². The van der Waals surface area contributed by atoms with Gasteiger partial charge in [0.25, 0.3) is 10.0 Å². The second kappa shape index (κ2) is 6.33. The lowest BCUT2D eigenvalue weighted by Gasteiger charge is -2.09. The summed E-state index contributed by atoms with van der Waals surface area (Å²) in [7, 11) is -3.88. The third-order valence-electron chi connectivity index (χ3n) is 2.66. The number of sulfonamides is 1. The molecule has 0 fully saturated rings. The number of hydrogen-bond donors (Lipinski definition) is 2. The molecule has 0 radical (unpaired) electrons. The molecule has 116 valence electrons. The molecule has 0 aliphatic carbocycles. The van der Waals surface area contributed by atoms with Gasteiger partial charge in [-0.05, 0) is 42.5 Å². The van der Waals surface area contributed by atoms with Gasteiger partial charge in [0.05, 0.1) is 9.92 Å². The lowest BCUT2D eigenvalue weighted by Crippen LogP contribution is -2.13. The molecule has 2 aromatic rings. The Morgan fingerprint density at radius 1 is 1.09 bits per heavy atom. The molecule has 0 unspecified atom stereocenters. The molecule has 2 N–H and O–H groups in total. The summed E-state index contributed by atoms with van der Waals surface area (Å²) in [4.78, 5) is 10.8. The van der Waals surface area contributed by atoms with E-state index in [1.165, 1.54) is 19.1 Å². The summed E-state index contributed by atoms with van der Waals surface area (Å²) in [6.45, 7) is 1.37. The van der Waals surface area contributed by atoms with Crippen molar-refractivity contribution < 1.29 is 17.6 Å². The first-order valence-corrected chi connectivity index (χ1v) is 7.99. The SMILES string of the molecule is CC(=O)Nc1ccc(NS(=O)(=O)c2ccc(F)c(Cl)c2)cc1. The van der Waals surface area contributed by atoms with E-state index in [4.69, 9.17) is 11.6 Å². The summed E-state index contributed by atoms with van der Waals surface area (Å²) in [6, 6.07) is 9.23. The van der Waals surface area contributed by atoms with E-state index >= 15 is 0 Å². The molecule has 0 atom stereocenters. The number of anilines is 2. The maximum absolute atomic E-state index is 13.1. The van der Waals surface area contributed by atoms with E-state index in [9.17, 15) is 17.6 Å². The lowest BCUT2D eigenvalue weighted by molar-refractivity contribution is -0.114. The molecule has 0 heterocycles. The number of rotatable bonds is 4. The Balaban J connectivity index is 2.21. The highest BCUT2D eigenvalue weighted by Crippen LogP contribution is 2.22. The van der Waals surface area contributed by atoms with Crippen LogP contribution in [0.25, 0.3) is 0 Å². The van der Waals surface area contributed by atoms with Crippen molar-refractivity contribution in [3.63, 3.8) is 0 Å². The number of carbonyl (C=O) groups excluding carboxylic acids is 1. The third-order valence-corrected chi connectivity index (χ3v) is 4.33. The molecular weight excluding hydrogens is 331 g/mol. The second-order valence-electron chi connectivity index (χ2n) is 4.44. The Morgan fingerprint density at radius 2 is 1.68 bits per heavy atom. The van der Waals surface area contributed by atoms with Crippen molar-refractivity contribution in [2.75, 3.05) is 10.0 Å². The molecule has 2 rings (SSSR count). The van der Waals surface area contributed by atoms with Crippen LogP contribution in [0, 0.1) is 5.82 Å². The van der Waals surface area contributed by atoms with Gasteiger partial charge in [-0.3, -0.25) is 9.52 Å². The normalized spacial score (nSPS) is 11.0. The zero-order valence-electron chi connectivity index (χ0n) is 11.4. The zero-order chi connectivity index (χ0) is 16.3. The van der Waals surface area contributed by atoms with Gasteiger partial charge in [-0.2, -0.15) is 0 Å². The van der Waals surface area contributed by atoms with Gasteiger partial charge in [0.2, 0.25) is 5.91 Å². The lowest BCUT2D eigenvalue weighted by atomic mass is 10.3. The molecule has 1 amide bonds. The first-order chi connectivity index (χ1) is 10.3. The predicted octanol–water partition coefficient (Wildman–Crippen LogP) is 3.24. The molecule has 5 nitrogen and oxygen atoms in total. The summed E-state index contributed by atoms with van der Waals surface area (Å²) in [5, 5.41) is 2.29. The quantitative estimate of drug-likeness (QED) is 0.895. The number of nitrogens with one attached hydrogen (secondary N) is 2. The van der Waals surface area contributed by atoms with E-state index in [1.807, 2.05) is 0 Å². The van der Waals surface area contributed by atoms with Crippen LogP contribution < -0.4 is 10.0 Å². The van der Waals surface area contributed by atoms with E-state index in [1.54, 1.807) is 12.1 Å². The fourth-order valence-corrected chi connectivity index (χ4v) is 3.01. The number of amides is 1. The Morgan fingerprint density at radius 3 is 2.23 bits per heavy atom. The highest BCUT2D eigenvalue weighted by molar-refractivity contribution is 7.92. The van der Waals surface area contributed by atoms with Crippen molar-refractivity contribution in [1.29, 1.82) is 0 Å². The van der Waals surface area contributed by atoms with E-state index in [0.29, 0.717) is 11.4 Å². The van der Waals surface area contributed by atoms with Crippen molar-refractivity contribution >= 4 is 38.9 Å². The maximum Gasteiger partial charge on any atom is 0.261 e. The van der Waals surface area contributed by atoms with Crippen molar-refractivity contribution in [3.05, 3.63) is 53.3 Å². The Hall–Kier alpha value is -2.12. The first-order valence-electron chi connectivity index (χ1n) is 6.13. The molecular formula is C14H12ClFN2O3S. The molecule has 0 saturated heterocycles. The summed E-state index contributed by atoms with van der Waals surface area (Å²) >= 11 is 5.58. The highest BCUT2D eigenvalue weighted by Gasteiger charge is 2.16. The average Bonchev–Trinajstić information content (AvgIpc) is 2.43. The van der Waals surface area contributed by atoms with Crippen LogP contribution in [0.3, 0.4) is 0 Å². The molecule has 2 aromatic carbocycles. The van der Waals surface area contributed by atoms with Crippen LogP contribution in [-0.4, -0.2) is 14.3 Å². The monoisotopic (exact) mass is 342 g/mol. The standard InChI is InChI=1S/C14H12ClFN2O3S/c1-9(19)17-10-2-4-11(5-3-10)18-22(20,21)12-6-7-14(16)13(15)8-12/h2-8,18H,1H3,(H,17,19). The van der Waals surface area contributed by atoms with Crippen LogP contribution >= 0.6 is 11.6 Å². The molecule has 0 bridgehead atoms. The molecule has 0 aliphatic heterocycles. The minimum absolute atomic E-state index is 0.148. The van der Waals surface area contributed by atoms with Crippen molar-refractivity contribution in [2.45, 2.75) is 11.8 Å². The van der Waals surface area contributed by atoms with Gasteiger partial charge >= 0.3 is 0 Å². The summed E-state index contributed by atoms with van der Waals surface area (Å²) in [5.74, 6) is -0.922. The van der Waals surface area contributed by atoms with Crippen molar-refractivity contribution in [1.82, 2.24) is 0 Å². The van der Waals surface area contributed by atoms with Crippen LogP contribution in [0.2, 0.25) is 5.02 Å². The topological polar surface area (TPSA) is 75.3 Å². The van der Waals surface area contributed by atoms with Crippen LogP contribution in [0.15, 0.2) is 47.4 Å². The van der Waals surface area contributed by atoms with Gasteiger partial charge in [-0.15, -0.1) is 0 Å². The highest BCUT2D eigenvalue weighted by atomic mass is 35.5. The summed E-state index contributed by atoms with van der Waals surface area (Å²) in [5.41, 5.74) is 0.842. The molecule has 0 saturated carbocycles. The van der Waals surface area contributed by atoms with Crippen molar-refractivity contribution in [2.24, 2.45) is 0 Å². The summed E-state index contributed by atoms with van der Waals surface area (Å²) in [6.07, 6.45) is 0. The Bertz CT molecular complexity index is 807. The van der Waals surface area contributed by atoms with E-state index in [0.717, 1.165) is 18.2 Å². The second-order valence-corrected chi connectivity index (χ2v) is 6.53. The fourth-order valence-electron chi connectivity index (χ4n) is 1.68. The maximum atomic E-state index is 13.1. The van der Waals surface area contributed by atoms with Gasteiger partial charge in [-0.1, -0.05) is 11.6 Å². The van der Waals surface area contributed by atoms with Gasteiger partial charge in [0, 0.05) is 18.3 Å². The predicted molar refractivity (Wildman–Crippen MR) is 83.0 cm³/mol. The number of halogens is 2. The van der Waals surface area contributed by atoms with E-state index in [-0.39, 0.29) is 15.8 Å². The zero-order valence-corrected chi connectivity index (χ0v) is 13.0. The first kappa shape index (κ1) is 16.3. The third kappa shape index (κ3) is 3.96. The molecule has 22 heavy (non-hydrogen) atoms. The molecule has 0 aromatic heterocycles. The van der Waals surface area contributed by atoms with Gasteiger partial charge in [0.1, 0.15) is 5.82 Å².